The number of hydrogen-bond acceptors (Lipinski definition) is 3. The maximum absolute atomic E-state index is 6.36. The van der Waals surface area contributed by atoms with Gasteiger partial charge < -0.3 is 5.32 Å². The molecular weight excluding hydrogens is 282 g/mol. The zero-order valence-corrected chi connectivity index (χ0v) is 13.5. The summed E-state index contributed by atoms with van der Waals surface area (Å²) in [6.45, 7) is 4.35. The number of hydrogen-bond donors (Lipinski definition) is 2. The molecule has 1 heterocycles. The Balaban J connectivity index is 1.92. The SMILES string of the molecule is CC(C)NC1=NC(c2ccccc2Cl)NC2CCCCC12. The lowest BCUT2D eigenvalue weighted by atomic mass is 9.82. The van der Waals surface area contributed by atoms with Gasteiger partial charge in [0.25, 0.3) is 0 Å². The van der Waals surface area contributed by atoms with Crippen LogP contribution in [0.4, 0.5) is 0 Å². The van der Waals surface area contributed by atoms with E-state index in [1.807, 2.05) is 18.2 Å². The highest BCUT2D eigenvalue weighted by Crippen LogP contribution is 2.34. The van der Waals surface area contributed by atoms with Crippen LogP contribution in [0.15, 0.2) is 29.3 Å². The molecule has 1 aromatic rings. The number of fused-ring (bicyclic) bond motifs is 1. The van der Waals surface area contributed by atoms with Crippen LogP contribution in [-0.4, -0.2) is 17.9 Å². The van der Waals surface area contributed by atoms with Crippen molar-refractivity contribution in [2.45, 2.75) is 57.8 Å². The summed E-state index contributed by atoms with van der Waals surface area (Å²) >= 11 is 6.36. The van der Waals surface area contributed by atoms with Crippen LogP contribution < -0.4 is 10.6 Å². The minimum atomic E-state index is -0.0284. The van der Waals surface area contributed by atoms with Crippen molar-refractivity contribution in [1.82, 2.24) is 10.6 Å². The molecule has 114 valence electrons. The molecule has 21 heavy (non-hydrogen) atoms. The van der Waals surface area contributed by atoms with Crippen molar-refractivity contribution in [3.63, 3.8) is 0 Å². The fourth-order valence-corrected chi connectivity index (χ4v) is 3.67. The van der Waals surface area contributed by atoms with Gasteiger partial charge in [-0.15, -0.1) is 0 Å². The van der Waals surface area contributed by atoms with Gasteiger partial charge in [-0.05, 0) is 32.8 Å². The molecule has 1 fully saturated rings. The lowest BCUT2D eigenvalue weighted by molar-refractivity contribution is 0.272. The van der Waals surface area contributed by atoms with E-state index in [0.29, 0.717) is 18.0 Å². The molecule has 4 heteroatoms. The van der Waals surface area contributed by atoms with Crippen molar-refractivity contribution in [1.29, 1.82) is 0 Å². The van der Waals surface area contributed by atoms with Crippen molar-refractivity contribution in [2.24, 2.45) is 10.9 Å². The van der Waals surface area contributed by atoms with Crippen molar-refractivity contribution in [3.8, 4) is 0 Å². The lowest BCUT2D eigenvalue weighted by Gasteiger charge is -2.40. The minimum absolute atomic E-state index is 0.0284. The van der Waals surface area contributed by atoms with Crippen LogP contribution in [0.5, 0.6) is 0 Å². The Morgan fingerprint density at radius 3 is 2.76 bits per heavy atom. The first-order chi connectivity index (χ1) is 10.1. The van der Waals surface area contributed by atoms with Crippen molar-refractivity contribution >= 4 is 17.4 Å². The molecule has 1 aromatic carbocycles. The third-order valence-corrected chi connectivity index (χ3v) is 4.74. The van der Waals surface area contributed by atoms with Gasteiger partial charge in [0.05, 0.1) is 0 Å². The van der Waals surface area contributed by atoms with Crippen LogP contribution in [0, 0.1) is 5.92 Å². The maximum Gasteiger partial charge on any atom is 0.129 e. The highest BCUT2D eigenvalue weighted by molar-refractivity contribution is 6.31. The molecule has 1 aliphatic carbocycles. The summed E-state index contributed by atoms with van der Waals surface area (Å²) < 4.78 is 0. The van der Waals surface area contributed by atoms with Gasteiger partial charge in [-0.2, -0.15) is 0 Å². The Morgan fingerprint density at radius 2 is 2.00 bits per heavy atom. The van der Waals surface area contributed by atoms with Gasteiger partial charge in [0.1, 0.15) is 12.0 Å². The summed E-state index contributed by atoms with van der Waals surface area (Å²) in [6.07, 6.45) is 5.03. The van der Waals surface area contributed by atoms with Crippen LogP contribution in [0.25, 0.3) is 0 Å². The second-order valence-corrected chi connectivity index (χ2v) is 6.81. The van der Waals surface area contributed by atoms with Crippen molar-refractivity contribution in [3.05, 3.63) is 34.9 Å². The van der Waals surface area contributed by atoms with Crippen LogP contribution in [0.2, 0.25) is 5.02 Å². The van der Waals surface area contributed by atoms with Gasteiger partial charge >= 0.3 is 0 Å². The first-order valence-corrected chi connectivity index (χ1v) is 8.37. The lowest BCUT2D eigenvalue weighted by Crippen LogP contribution is -2.52. The largest absolute Gasteiger partial charge is 0.371 e. The third-order valence-electron chi connectivity index (χ3n) is 4.39. The summed E-state index contributed by atoms with van der Waals surface area (Å²) in [7, 11) is 0. The minimum Gasteiger partial charge on any atom is -0.371 e. The number of halogens is 1. The molecule has 3 unspecified atom stereocenters. The first kappa shape index (κ1) is 14.9. The van der Waals surface area contributed by atoms with E-state index in [1.165, 1.54) is 31.5 Å². The monoisotopic (exact) mass is 305 g/mol. The predicted molar refractivity (Wildman–Crippen MR) is 88.8 cm³/mol. The van der Waals surface area contributed by atoms with Gasteiger partial charge in [-0.25, -0.2) is 4.99 Å². The molecule has 1 aliphatic heterocycles. The van der Waals surface area contributed by atoms with Crippen LogP contribution in [-0.2, 0) is 0 Å². The number of benzene rings is 1. The van der Waals surface area contributed by atoms with E-state index in [9.17, 15) is 0 Å². The fourth-order valence-electron chi connectivity index (χ4n) is 3.43. The fraction of sp³-hybridized carbons (Fsp3) is 0.588. The molecule has 3 rings (SSSR count). The molecule has 0 aromatic heterocycles. The van der Waals surface area contributed by atoms with Gasteiger partial charge in [0.2, 0.25) is 0 Å². The van der Waals surface area contributed by atoms with Crippen molar-refractivity contribution in [2.75, 3.05) is 0 Å². The number of aliphatic imine (C=N–C) groups is 1. The summed E-state index contributed by atoms with van der Waals surface area (Å²) in [5.41, 5.74) is 1.08. The second kappa shape index (κ2) is 6.37. The van der Waals surface area contributed by atoms with E-state index in [0.717, 1.165) is 10.6 Å². The van der Waals surface area contributed by atoms with Crippen LogP contribution >= 0.6 is 11.6 Å². The number of nitrogens with zero attached hydrogens (tertiary/aromatic N) is 1. The Morgan fingerprint density at radius 1 is 1.24 bits per heavy atom. The average Bonchev–Trinajstić information content (AvgIpc) is 2.47. The smallest absolute Gasteiger partial charge is 0.129 e. The average molecular weight is 306 g/mol. The van der Waals surface area contributed by atoms with E-state index < -0.39 is 0 Å². The predicted octanol–water partition coefficient (Wildman–Crippen LogP) is 3.90. The Labute approximate surface area is 132 Å². The molecule has 0 amide bonds. The molecular formula is C17H24ClN3. The summed E-state index contributed by atoms with van der Waals surface area (Å²) in [5.74, 6) is 1.69. The van der Waals surface area contributed by atoms with Gasteiger partial charge in [0, 0.05) is 28.6 Å². The van der Waals surface area contributed by atoms with E-state index in [1.54, 1.807) is 0 Å². The molecule has 0 bridgehead atoms. The normalized spacial score (nSPS) is 29.0. The summed E-state index contributed by atoms with van der Waals surface area (Å²) in [4.78, 5) is 4.95. The first-order valence-electron chi connectivity index (χ1n) is 8.00. The Bertz CT molecular complexity index is 527. The van der Waals surface area contributed by atoms with Gasteiger partial charge in [-0.1, -0.05) is 42.6 Å². The highest BCUT2D eigenvalue weighted by Gasteiger charge is 2.35. The Hall–Kier alpha value is -1.06. The molecule has 2 aliphatic rings. The third kappa shape index (κ3) is 3.24. The summed E-state index contributed by atoms with van der Waals surface area (Å²) in [5, 5.41) is 8.06. The second-order valence-electron chi connectivity index (χ2n) is 6.40. The van der Waals surface area contributed by atoms with E-state index >= 15 is 0 Å². The quantitative estimate of drug-likeness (QED) is 0.869. The van der Waals surface area contributed by atoms with Crippen LogP contribution in [0.3, 0.4) is 0 Å². The Kier molecular flexibility index (Phi) is 4.51. The zero-order valence-electron chi connectivity index (χ0n) is 12.8. The van der Waals surface area contributed by atoms with Crippen LogP contribution in [0.1, 0.15) is 51.3 Å². The zero-order chi connectivity index (χ0) is 14.8. The van der Waals surface area contributed by atoms with Gasteiger partial charge in [0.15, 0.2) is 0 Å². The number of nitrogens with one attached hydrogen (secondary N) is 2. The van der Waals surface area contributed by atoms with E-state index in [-0.39, 0.29) is 6.17 Å². The molecule has 0 saturated heterocycles. The van der Waals surface area contributed by atoms with E-state index in [4.69, 9.17) is 16.6 Å². The molecule has 3 nitrogen and oxygen atoms in total. The molecule has 2 N–H and O–H groups in total. The molecule has 1 saturated carbocycles. The topological polar surface area (TPSA) is 36.4 Å². The number of rotatable bonds is 2. The van der Waals surface area contributed by atoms with E-state index in [2.05, 4.69) is 30.5 Å². The maximum atomic E-state index is 6.36. The summed E-state index contributed by atoms with van der Waals surface area (Å²) in [6, 6.07) is 8.93. The van der Waals surface area contributed by atoms with Crippen molar-refractivity contribution < 1.29 is 0 Å². The van der Waals surface area contributed by atoms with Gasteiger partial charge in [-0.3, -0.25) is 5.32 Å². The number of amidine groups is 1. The highest BCUT2D eigenvalue weighted by atomic mass is 35.5. The standard InChI is InChI=1S/C17H24ClN3/c1-11(2)19-17-13-8-4-6-10-15(13)20-16(21-17)12-7-3-5-9-14(12)18/h3,5,7,9,11,13,15-16,20H,4,6,8,10H2,1-2H3,(H,19,21). The molecule has 3 atom stereocenters. The molecule has 0 spiro atoms. The molecule has 0 radical (unpaired) electrons.